The topological polar surface area (TPSA) is 38.1 Å². The first kappa shape index (κ1) is 7.80. The van der Waals surface area contributed by atoms with E-state index in [1.165, 1.54) is 12.8 Å². The van der Waals surface area contributed by atoms with E-state index >= 15 is 0 Å². The molecule has 0 aromatic carbocycles. The standard InChI is InChI=1S/C9H14N2O/c1-6-8(5-10-2)12-9(11-6)7-3-4-7/h7,10H,3-5H2,1-2H3. The lowest BCUT2D eigenvalue weighted by Gasteiger charge is -1.93. The predicted octanol–water partition coefficient (Wildman–Crippen LogP) is 1.58. The smallest absolute Gasteiger partial charge is 0.197 e. The van der Waals surface area contributed by atoms with Gasteiger partial charge in [0.15, 0.2) is 5.89 Å². The lowest BCUT2D eigenvalue weighted by molar-refractivity contribution is 0.446. The van der Waals surface area contributed by atoms with Crippen LogP contribution in [0.5, 0.6) is 0 Å². The predicted molar refractivity (Wildman–Crippen MR) is 46.0 cm³/mol. The molecule has 3 nitrogen and oxygen atoms in total. The van der Waals surface area contributed by atoms with Crippen LogP contribution in [0.1, 0.15) is 36.1 Å². The molecule has 66 valence electrons. The van der Waals surface area contributed by atoms with Gasteiger partial charge in [0.2, 0.25) is 0 Å². The first-order valence-electron chi connectivity index (χ1n) is 4.42. The van der Waals surface area contributed by atoms with Crippen molar-refractivity contribution in [2.75, 3.05) is 7.05 Å². The molecule has 0 atom stereocenters. The molecule has 1 aromatic heterocycles. The van der Waals surface area contributed by atoms with Gasteiger partial charge in [0.1, 0.15) is 5.76 Å². The van der Waals surface area contributed by atoms with E-state index in [9.17, 15) is 0 Å². The number of oxazole rings is 1. The maximum absolute atomic E-state index is 5.61. The minimum absolute atomic E-state index is 0.620. The Labute approximate surface area is 72.2 Å². The highest BCUT2D eigenvalue weighted by Crippen LogP contribution is 2.39. The molecule has 1 heterocycles. The van der Waals surface area contributed by atoms with Crippen LogP contribution >= 0.6 is 0 Å². The Morgan fingerprint density at radius 2 is 2.33 bits per heavy atom. The summed E-state index contributed by atoms with van der Waals surface area (Å²) in [6, 6.07) is 0. The molecule has 1 aliphatic rings. The van der Waals surface area contributed by atoms with Crippen LogP contribution in [-0.4, -0.2) is 12.0 Å². The van der Waals surface area contributed by atoms with Crippen molar-refractivity contribution < 1.29 is 4.42 Å². The van der Waals surface area contributed by atoms with Crippen LogP contribution in [-0.2, 0) is 6.54 Å². The van der Waals surface area contributed by atoms with E-state index in [-0.39, 0.29) is 0 Å². The molecular formula is C9H14N2O. The van der Waals surface area contributed by atoms with Gasteiger partial charge in [-0.15, -0.1) is 0 Å². The summed E-state index contributed by atoms with van der Waals surface area (Å²) in [5.74, 6) is 2.55. The van der Waals surface area contributed by atoms with E-state index < -0.39 is 0 Å². The summed E-state index contributed by atoms with van der Waals surface area (Å²) in [5, 5.41) is 3.06. The van der Waals surface area contributed by atoms with Gasteiger partial charge in [-0.1, -0.05) is 0 Å². The average molecular weight is 166 g/mol. The Hall–Kier alpha value is -0.830. The second-order valence-electron chi connectivity index (χ2n) is 3.37. The second-order valence-corrected chi connectivity index (χ2v) is 3.37. The number of aryl methyl sites for hydroxylation is 1. The van der Waals surface area contributed by atoms with Crippen molar-refractivity contribution in [2.24, 2.45) is 0 Å². The molecule has 0 unspecified atom stereocenters. The SMILES string of the molecule is CNCc1oc(C2CC2)nc1C. The largest absolute Gasteiger partial charge is 0.444 e. The third-order valence-corrected chi connectivity index (χ3v) is 2.17. The van der Waals surface area contributed by atoms with Crippen LogP contribution in [0.4, 0.5) is 0 Å². The highest BCUT2D eigenvalue weighted by atomic mass is 16.4. The molecule has 0 radical (unpaired) electrons. The van der Waals surface area contributed by atoms with Crippen LogP contribution < -0.4 is 5.32 Å². The van der Waals surface area contributed by atoms with E-state index in [2.05, 4.69) is 10.3 Å². The first-order valence-corrected chi connectivity index (χ1v) is 4.42. The number of hydrogen-bond acceptors (Lipinski definition) is 3. The van der Waals surface area contributed by atoms with Crippen LogP contribution in [0.15, 0.2) is 4.42 Å². The van der Waals surface area contributed by atoms with Crippen molar-refractivity contribution in [2.45, 2.75) is 32.2 Å². The van der Waals surface area contributed by atoms with Gasteiger partial charge >= 0.3 is 0 Å². The van der Waals surface area contributed by atoms with E-state index in [1.807, 2.05) is 14.0 Å². The molecule has 1 aliphatic carbocycles. The lowest BCUT2D eigenvalue weighted by atomic mass is 10.4. The summed E-state index contributed by atoms with van der Waals surface area (Å²) in [4.78, 5) is 4.38. The summed E-state index contributed by atoms with van der Waals surface area (Å²) in [6.07, 6.45) is 2.50. The third kappa shape index (κ3) is 1.37. The molecule has 1 aromatic rings. The quantitative estimate of drug-likeness (QED) is 0.740. The number of hydrogen-bond donors (Lipinski definition) is 1. The summed E-state index contributed by atoms with van der Waals surface area (Å²) >= 11 is 0. The fraction of sp³-hybridized carbons (Fsp3) is 0.667. The highest BCUT2D eigenvalue weighted by Gasteiger charge is 2.29. The fourth-order valence-corrected chi connectivity index (χ4v) is 1.28. The van der Waals surface area contributed by atoms with Gasteiger partial charge in [-0.2, -0.15) is 0 Å². The molecule has 12 heavy (non-hydrogen) atoms. The summed E-state index contributed by atoms with van der Waals surface area (Å²) in [6.45, 7) is 2.79. The van der Waals surface area contributed by atoms with E-state index in [4.69, 9.17) is 4.42 Å². The number of nitrogens with one attached hydrogen (secondary N) is 1. The van der Waals surface area contributed by atoms with E-state index in [1.54, 1.807) is 0 Å². The van der Waals surface area contributed by atoms with E-state index in [0.717, 1.165) is 23.9 Å². The van der Waals surface area contributed by atoms with Crippen molar-refractivity contribution in [3.8, 4) is 0 Å². The summed E-state index contributed by atoms with van der Waals surface area (Å²) in [5.41, 5.74) is 1.03. The van der Waals surface area contributed by atoms with E-state index in [0.29, 0.717) is 5.92 Å². The second kappa shape index (κ2) is 2.90. The van der Waals surface area contributed by atoms with Gasteiger partial charge in [0, 0.05) is 5.92 Å². The lowest BCUT2D eigenvalue weighted by Crippen LogP contribution is -2.04. The maximum atomic E-state index is 5.61. The molecule has 0 aliphatic heterocycles. The Morgan fingerprint density at radius 1 is 1.58 bits per heavy atom. The van der Waals surface area contributed by atoms with Gasteiger partial charge in [-0.25, -0.2) is 4.98 Å². The Morgan fingerprint density at radius 3 is 2.92 bits per heavy atom. The van der Waals surface area contributed by atoms with Gasteiger partial charge in [0.05, 0.1) is 12.2 Å². The Balaban J connectivity index is 2.18. The summed E-state index contributed by atoms with van der Waals surface area (Å²) in [7, 11) is 1.92. The van der Waals surface area contributed by atoms with Crippen molar-refractivity contribution in [3.05, 3.63) is 17.3 Å². The molecule has 0 saturated heterocycles. The molecule has 1 fully saturated rings. The van der Waals surface area contributed by atoms with Gasteiger partial charge in [0.25, 0.3) is 0 Å². The van der Waals surface area contributed by atoms with Crippen molar-refractivity contribution >= 4 is 0 Å². The Kier molecular flexibility index (Phi) is 1.89. The van der Waals surface area contributed by atoms with Crippen molar-refractivity contribution in [1.29, 1.82) is 0 Å². The molecule has 0 spiro atoms. The highest BCUT2D eigenvalue weighted by molar-refractivity contribution is 5.12. The fourth-order valence-electron chi connectivity index (χ4n) is 1.28. The zero-order valence-corrected chi connectivity index (χ0v) is 7.55. The van der Waals surface area contributed by atoms with Crippen molar-refractivity contribution in [1.82, 2.24) is 10.3 Å². The molecule has 0 amide bonds. The molecule has 1 saturated carbocycles. The normalized spacial score (nSPS) is 16.8. The maximum Gasteiger partial charge on any atom is 0.197 e. The average Bonchev–Trinajstić information content (AvgIpc) is 2.80. The van der Waals surface area contributed by atoms with Crippen LogP contribution in [0.25, 0.3) is 0 Å². The monoisotopic (exact) mass is 166 g/mol. The summed E-state index contributed by atoms with van der Waals surface area (Å²) < 4.78 is 5.61. The molecular weight excluding hydrogens is 152 g/mol. The molecule has 0 bridgehead atoms. The molecule has 1 N–H and O–H groups in total. The minimum atomic E-state index is 0.620. The van der Waals surface area contributed by atoms with Crippen LogP contribution in [0.3, 0.4) is 0 Å². The van der Waals surface area contributed by atoms with Crippen LogP contribution in [0.2, 0.25) is 0 Å². The van der Waals surface area contributed by atoms with Gasteiger partial charge in [-0.05, 0) is 26.8 Å². The Bertz CT molecular complexity index is 276. The zero-order chi connectivity index (χ0) is 8.55. The molecule has 2 rings (SSSR count). The number of aromatic nitrogens is 1. The molecule has 3 heteroatoms. The van der Waals surface area contributed by atoms with Crippen LogP contribution in [0, 0.1) is 6.92 Å². The first-order chi connectivity index (χ1) is 5.81. The minimum Gasteiger partial charge on any atom is -0.444 e. The third-order valence-electron chi connectivity index (χ3n) is 2.17. The van der Waals surface area contributed by atoms with Crippen molar-refractivity contribution in [3.63, 3.8) is 0 Å². The van der Waals surface area contributed by atoms with Gasteiger partial charge in [-0.3, -0.25) is 0 Å². The zero-order valence-electron chi connectivity index (χ0n) is 7.55. The van der Waals surface area contributed by atoms with Gasteiger partial charge < -0.3 is 9.73 Å². The number of nitrogens with zero attached hydrogens (tertiary/aromatic N) is 1. The number of rotatable bonds is 3.